The van der Waals surface area contributed by atoms with Crippen molar-refractivity contribution in [2.45, 2.75) is 27.2 Å². The molecule has 0 amide bonds. The molecule has 0 rings (SSSR count). The van der Waals surface area contributed by atoms with Crippen LogP contribution in [0.15, 0.2) is 0 Å². The van der Waals surface area contributed by atoms with Crippen molar-refractivity contribution in [3.63, 3.8) is 0 Å². The minimum Gasteiger partial charge on any atom is -0.358 e. The summed E-state index contributed by atoms with van der Waals surface area (Å²) in [5.41, 5.74) is 0. The van der Waals surface area contributed by atoms with Crippen LogP contribution in [0, 0.1) is 19.3 Å². The van der Waals surface area contributed by atoms with Crippen LogP contribution in [0.4, 0.5) is 0 Å². The predicted octanol–water partition coefficient (Wildman–Crippen LogP) is 2.39. The van der Waals surface area contributed by atoms with Gasteiger partial charge in [0.05, 0.1) is 33.6 Å². The van der Waals surface area contributed by atoms with Crippen LogP contribution in [0.5, 0.6) is 0 Å². The predicted molar refractivity (Wildman–Crippen MR) is 62.9 cm³/mol. The highest BCUT2D eigenvalue weighted by molar-refractivity contribution is 5.78. The maximum absolute atomic E-state index is 11.3. The molecule has 86 valence electrons. The van der Waals surface area contributed by atoms with Crippen LogP contribution in [0.1, 0.15) is 27.2 Å². The quantitative estimate of drug-likeness (QED) is 0.493. The van der Waals surface area contributed by atoms with Crippen molar-refractivity contribution in [1.82, 2.24) is 0 Å². The van der Waals surface area contributed by atoms with Gasteiger partial charge in [-0.2, -0.15) is 0 Å². The summed E-state index contributed by atoms with van der Waals surface area (Å²) >= 11 is 0. The number of rotatable bonds is 5. The van der Waals surface area contributed by atoms with Crippen molar-refractivity contribution in [3.8, 4) is 0 Å². The third-order valence-electron chi connectivity index (χ3n) is 2.10. The number of ketones is 1. The number of quaternary nitrogens is 1. The van der Waals surface area contributed by atoms with Crippen molar-refractivity contribution in [3.05, 3.63) is 7.43 Å². The summed E-state index contributed by atoms with van der Waals surface area (Å²) in [7, 11) is 6.41. The Bertz CT molecular complexity index is 168. The normalized spacial score (nSPS) is 13.6. The molecule has 0 aromatic carbocycles. The number of nitrogens with zero attached hydrogens (tertiary/aromatic N) is 1. The Kier molecular flexibility index (Phi) is 7.09. The van der Waals surface area contributed by atoms with Gasteiger partial charge in [0.25, 0.3) is 0 Å². The lowest BCUT2D eigenvalue weighted by Gasteiger charge is -2.28. The fraction of sp³-hybridized carbons (Fsp3) is 0.833. The number of hydrogen-bond donors (Lipinski definition) is 0. The van der Waals surface area contributed by atoms with Gasteiger partial charge in [-0.05, 0) is 19.3 Å². The molecule has 0 aromatic heterocycles. The highest BCUT2D eigenvalue weighted by Gasteiger charge is 2.22. The Morgan fingerprint density at radius 3 is 1.86 bits per heavy atom. The topological polar surface area (TPSA) is 17.1 Å². The van der Waals surface area contributed by atoms with Gasteiger partial charge in [0.1, 0.15) is 5.78 Å². The highest BCUT2D eigenvalue weighted by Crippen LogP contribution is 2.15. The fourth-order valence-corrected chi connectivity index (χ4v) is 1.60. The molecule has 0 aliphatic carbocycles. The zero-order valence-corrected chi connectivity index (χ0v) is 10.9. The highest BCUT2D eigenvalue weighted by atomic mass is 16.1. The molecule has 0 saturated heterocycles. The number of carbonyl (C=O) groups is 1. The SMILES string of the molecule is CC(=O)C(CC(C)C)C[N+](C)(C)C.[CH3-]. The maximum Gasteiger partial charge on any atom is 0.138 e. The number of hydrogen-bond acceptors (Lipinski definition) is 1. The lowest BCUT2D eigenvalue weighted by molar-refractivity contribution is -0.872. The largest absolute Gasteiger partial charge is 0.358 e. The van der Waals surface area contributed by atoms with E-state index in [0.717, 1.165) is 17.4 Å². The summed E-state index contributed by atoms with van der Waals surface area (Å²) in [5, 5.41) is 0. The second kappa shape index (κ2) is 6.18. The molecule has 0 N–H and O–H groups in total. The van der Waals surface area contributed by atoms with Gasteiger partial charge in [-0.15, -0.1) is 0 Å². The third kappa shape index (κ3) is 8.24. The van der Waals surface area contributed by atoms with Crippen LogP contribution in [-0.4, -0.2) is 38.0 Å². The summed E-state index contributed by atoms with van der Waals surface area (Å²) in [6.07, 6.45) is 1.02. The van der Waals surface area contributed by atoms with Crippen molar-refractivity contribution in [1.29, 1.82) is 0 Å². The van der Waals surface area contributed by atoms with Gasteiger partial charge in [-0.25, -0.2) is 0 Å². The van der Waals surface area contributed by atoms with Crippen LogP contribution in [0.2, 0.25) is 0 Å². The van der Waals surface area contributed by atoms with E-state index in [4.69, 9.17) is 0 Å². The Labute approximate surface area is 89.9 Å². The third-order valence-corrected chi connectivity index (χ3v) is 2.10. The molecule has 0 aliphatic rings. The molecular formula is C12H27NO. The van der Waals surface area contributed by atoms with Gasteiger partial charge in [0, 0.05) is 0 Å². The van der Waals surface area contributed by atoms with E-state index in [1.54, 1.807) is 6.92 Å². The van der Waals surface area contributed by atoms with Crippen molar-refractivity contribution < 1.29 is 9.28 Å². The molecule has 1 unspecified atom stereocenters. The molecule has 0 bridgehead atoms. The van der Waals surface area contributed by atoms with Crippen molar-refractivity contribution in [2.75, 3.05) is 27.7 Å². The lowest BCUT2D eigenvalue weighted by atomic mass is 9.93. The van der Waals surface area contributed by atoms with E-state index >= 15 is 0 Å². The fourth-order valence-electron chi connectivity index (χ4n) is 1.60. The second-order valence-electron chi connectivity index (χ2n) is 5.41. The van der Waals surface area contributed by atoms with E-state index in [0.29, 0.717) is 11.7 Å². The van der Waals surface area contributed by atoms with Gasteiger partial charge in [-0.3, -0.25) is 4.79 Å². The molecule has 2 heteroatoms. The second-order valence-corrected chi connectivity index (χ2v) is 5.41. The summed E-state index contributed by atoms with van der Waals surface area (Å²) in [6, 6.07) is 0. The van der Waals surface area contributed by atoms with Gasteiger partial charge in [0.15, 0.2) is 0 Å². The molecule has 0 aliphatic heterocycles. The van der Waals surface area contributed by atoms with Crippen LogP contribution >= 0.6 is 0 Å². The monoisotopic (exact) mass is 201 g/mol. The van der Waals surface area contributed by atoms with E-state index in [9.17, 15) is 4.79 Å². The van der Waals surface area contributed by atoms with E-state index in [-0.39, 0.29) is 13.3 Å². The Balaban J connectivity index is 0. The summed E-state index contributed by atoms with van der Waals surface area (Å²) < 4.78 is 0.872. The number of carbonyl (C=O) groups excluding carboxylic acids is 1. The first kappa shape index (κ1) is 16.1. The average Bonchev–Trinajstić information content (AvgIpc) is 1.81. The van der Waals surface area contributed by atoms with Crippen LogP contribution in [0.3, 0.4) is 0 Å². The van der Waals surface area contributed by atoms with Crippen LogP contribution in [0.25, 0.3) is 0 Å². The first-order valence-electron chi connectivity index (χ1n) is 5.03. The molecule has 0 spiro atoms. The summed E-state index contributed by atoms with van der Waals surface area (Å²) in [6.45, 7) is 7.01. The molecule has 0 radical (unpaired) electrons. The van der Waals surface area contributed by atoms with Crippen LogP contribution in [-0.2, 0) is 4.79 Å². The van der Waals surface area contributed by atoms with E-state index < -0.39 is 0 Å². The minimum atomic E-state index is 0. The first-order chi connectivity index (χ1) is 5.72. The smallest absolute Gasteiger partial charge is 0.138 e. The van der Waals surface area contributed by atoms with Gasteiger partial charge in [-0.1, -0.05) is 13.8 Å². The van der Waals surface area contributed by atoms with E-state index in [1.807, 2.05) is 0 Å². The van der Waals surface area contributed by atoms with E-state index in [2.05, 4.69) is 35.0 Å². The zero-order chi connectivity index (χ0) is 10.6. The van der Waals surface area contributed by atoms with Crippen LogP contribution < -0.4 is 0 Å². The van der Waals surface area contributed by atoms with Gasteiger partial charge < -0.3 is 11.9 Å². The maximum atomic E-state index is 11.3. The lowest BCUT2D eigenvalue weighted by Crippen LogP contribution is -2.41. The number of Topliss-reactive ketones (excluding diaryl/α,β-unsaturated/α-hetero) is 1. The zero-order valence-electron chi connectivity index (χ0n) is 10.9. The minimum absolute atomic E-state index is 0. The summed E-state index contributed by atoms with van der Waals surface area (Å²) in [4.78, 5) is 11.3. The van der Waals surface area contributed by atoms with Crippen molar-refractivity contribution >= 4 is 5.78 Å². The standard InChI is InChI=1S/C11H24NO.CH3/c1-9(2)7-11(10(3)13)8-12(4,5)6;/h9,11H,7-8H2,1-6H3;1H3/q+1;-1. The van der Waals surface area contributed by atoms with Gasteiger partial charge in [0.2, 0.25) is 0 Å². The first-order valence-corrected chi connectivity index (χ1v) is 5.03. The molecular weight excluding hydrogens is 174 g/mol. The van der Waals surface area contributed by atoms with Gasteiger partial charge >= 0.3 is 0 Å². The van der Waals surface area contributed by atoms with E-state index in [1.165, 1.54) is 0 Å². The molecule has 0 fully saturated rings. The van der Waals surface area contributed by atoms with Crippen molar-refractivity contribution in [2.24, 2.45) is 11.8 Å². The molecule has 0 aromatic rings. The average molecular weight is 201 g/mol. The molecule has 2 nitrogen and oxygen atoms in total. The summed E-state index contributed by atoms with van der Waals surface area (Å²) in [5.74, 6) is 1.18. The molecule has 0 heterocycles. The Morgan fingerprint density at radius 1 is 1.21 bits per heavy atom. The molecule has 0 saturated carbocycles. The Hall–Kier alpha value is -0.370. The molecule has 1 atom stereocenters. The Morgan fingerprint density at radius 2 is 1.64 bits per heavy atom. The molecule has 14 heavy (non-hydrogen) atoms.